The van der Waals surface area contributed by atoms with Crippen LogP contribution in [-0.4, -0.2) is 50.9 Å². The third kappa shape index (κ3) is 2.24. The van der Waals surface area contributed by atoms with E-state index in [1.165, 1.54) is 0 Å². The Morgan fingerprint density at radius 1 is 1.30 bits per heavy atom. The maximum absolute atomic E-state index is 13.7. The van der Waals surface area contributed by atoms with Gasteiger partial charge in [0.2, 0.25) is 5.82 Å². The van der Waals surface area contributed by atoms with E-state index in [1.54, 1.807) is 17.9 Å². The third-order valence-corrected chi connectivity index (χ3v) is 3.35. The van der Waals surface area contributed by atoms with Crippen molar-refractivity contribution in [2.24, 2.45) is 7.05 Å². The highest BCUT2D eigenvalue weighted by Crippen LogP contribution is 2.24. The van der Waals surface area contributed by atoms with Gasteiger partial charge in [0.1, 0.15) is 11.8 Å². The summed E-state index contributed by atoms with van der Waals surface area (Å²) < 4.78 is 21.0. The highest BCUT2D eigenvalue weighted by atomic mass is 19.1. The molecule has 0 saturated carbocycles. The monoisotopic (exact) mass is 277 g/mol. The van der Waals surface area contributed by atoms with E-state index in [4.69, 9.17) is 4.74 Å². The number of rotatable bonds is 3. The summed E-state index contributed by atoms with van der Waals surface area (Å²) in [7, 11) is 3.79. The molecule has 0 bridgehead atoms. The van der Waals surface area contributed by atoms with Crippen LogP contribution in [0.1, 0.15) is 5.56 Å². The molecule has 1 aliphatic heterocycles. The second-order valence-electron chi connectivity index (χ2n) is 5.11. The van der Waals surface area contributed by atoms with E-state index < -0.39 is 5.82 Å². The van der Waals surface area contributed by atoms with Crippen molar-refractivity contribution < 1.29 is 9.13 Å². The Morgan fingerprint density at radius 2 is 2.05 bits per heavy atom. The molecule has 1 saturated heterocycles. The number of hydrogen-bond acceptors (Lipinski definition) is 5. The fraction of sp³-hybridized carbons (Fsp3) is 0.462. The van der Waals surface area contributed by atoms with Crippen LogP contribution >= 0.6 is 0 Å². The molecular weight excluding hydrogens is 261 g/mol. The first-order valence-electron chi connectivity index (χ1n) is 6.41. The van der Waals surface area contributed by atoms with Gasteiger partial charge in [-0.3, -0.25) is 9.58 Å². The summed E-state index contributed by atoms with van der Waals surface area (Å²) in [6, 6.07) is 0. The first kappa shape index (κ1) is 13.0. The average Bonchev–Trinajstić information content (AvgIpc) is 2.70. The van der Waals surface area contributed by atoms with Crippen LogP contribution in [0.15, 0.2) is 12.4 Å². The number of hydrogen-bond donors (Lipinski definition) is 0. The largest absolute Gasteiger partial charge is 0.469 e. The molecule has 106 valence electrons. The maximum Gasteiger partial charge on any atom is 0.254 e. The van der Waals surface area contributed by atoms with E-state index in [0.717, 1.165) is 30.5 Å². The Balaban J connectivity index is 1.90. The van der Waals surface area contributed by atoms with Crippen LogP contribution in [0.2, 0.25) is 0 Å². The SMILES string of the molecule is Cc1cnn(C)c1-c1ncc(F)c(OC2CN(C)C2)n1. The van der Waals surface area contributed by atoms with Crippen LogP contribution < -0.4 is 4.74 Å². The van der Waals surface area contributed by atoms with E-state index in [2.05, 4.69) is 20.0 Å². The van der Waals surface area contributed by atoms with Crippen molar-refractivity contribution in [2.45, 2.75) is 13.0 Å². The zero-order valence-electron chi connectivity index (χ0n) is 11.7. The fourth-order valence-electron chi connectivity index (χ4n) is 2.29. The summed E-state index contributed by atoms with van der Waals surface area (Å²) in [5.41, 5.74) is 1.70. The van der Waals surface area contributed by atoms with Gasteiger partial charge < -0.3 is 4.74 Å². The lowest BCUT2D eigenvalue weighted by molar-refractivity contribution is 0.0325. The van der Waals surface area contributed by atoms with Gasteiger partial charge in [0.25, 0.3) is 5.88 Å². The molecule has 3 rings (SSSR count). The van der Waals surface area contributed by atoms with Crippen molar-refractivity contribution >= 4 is 0 Å². The van der Waals surface area contributed by atoms with E-state index in [0.29, 0.717) is 5.82 Å². The van der Waals surface area contributed by atoms with E-state index >= 15 is 0 Å². The van der Waals surface area contributed by atoms with Crippen LogP contribution in [0.25, 0.3) is 11.5 Å². The second-order valence-corrected chi connectivity index (χ2v) is 5.11. The summed E-state index contributed by atoms with van der Waals surface area (Å²) in [6.07, 6.45) is 2.86. The molecule has 7 heteroatoms. The van der Waals surface area contributed by atoms with Crippen molar-refractivity contribution in [3.63, 3.8) is 0 Å². The minimum Gasteiger partial charge on any atom is -0.469 e. The Kier molecular flexibility index (Phi) is 3.13. The molecule has 0 radical (unpaired) electrons. The highest BCUT2D eigenvalue weighted by Gasteiger charge is 2.27. The Morgan fingerprint density at radius 3 is 2.65 bits per heavy atom. The number of halogens is 1. The summed E-state index contributed by atoms with van der Waals surface area (Å²) in [5.74, 6) is -0.108. The lowest BCUT2D eigenvalue weighted by Gasteiger charge is -2.35. The van der Waals surface area contributed by atoms with Crippen molar-refractivity contribution in [1.82, 2.24) is 24.6 Å². The van der Waals surface area contributed by atoms with E-state index in [-0.39, 0.29) is 12.0 Å². The fourth-order valence-corrected chi connectivity index (χ4v) is 2.29. The van der Waals surface area contributed by atoms with Gasteiger partial charge >= 0.3 is 0 Å². The minimum absolute atomic E-state index is 0.00806. The van der Waals surface area contributed by atoms with Crippen LogP contribution in [0.4, 0.5) is 4.39 Å². The number of ether oxygens (including phenoxy) is 1. The standard InChI is InChI=1S/C13H16FN5O/c1-8-4-16-19(3)11(8)12-15-5-10(14)13(17-12)20-9-6-18(2)7-9/h4-5,9H,6-7H2,1-3H3. The summed E-state index contributed by atoms with van der Waals surface area (Å²) in [6.45, 7) is 3.48. The number of likely N-dealkylation sites (N-methyl/N-ethyl adjacent to an activating group) is 1. The van der Waals surface area contributed by atoms with E-state index in [1.807, 2.05) is 14.0 Å². The molecule has 0 N–H and O–H groups in total. The summed E-state index contributed by atoms with van der Waals surface area (Å²) >= 11 is 0. The molecule has 1 aliphatic rings. The Hall–Kier alpha value is -2.02. The van der Waals surface area contributed by atoms with Crippen molar-refractivity contribution in [1.29, 1.82) is 0 Å². The maximum atomic E-state index is 13.7. The van der Waals surface area contributed by atoms with Crippen molar-refractivity contribution in [3.8, 4) is 17.4 Å². The molecule has 6 nitrogen and oxygen atoms in total. The predicted octanol–water partition coefficient (Wildman–Crippen LogP) is 1.02. The van der Waals surface area contributed by atoms with Gasteiger partial charge in [-0.05, 0) is 19.5 Å². The first-order chi connectivity index (χ1) is 9.54. The number of nitrogens with zero attached hydrogens (tertiary/aromatic N) is 5. The highest BCUT2D eigenvalue weighted by molar-refractivity contribution is 5.54. The molecule has 0 aromatic carbocycles. The summed E-state index contributed by atoms with van der Waals surface area (Å²) in [4.78, 5) is 10.3. The Bertz CT molecular complexity index is 616. The second kappa shape index (κ2) is 4.82. The number of aryl methyl sites for hydroxylation is 2. The molecular formula is C13H16FN5O. The van der Waals surface area contributed by atoms with Crippen LogP contribution in [-0.2, 0) is 7.05 Å². The van der Waals surface area contributed by atoms with Crippen molar-refractivity contribution in [3.05, 3.63) is 23.8 Å². The molecule has 0 aliphatic carbocycles. The number of aromatic nitrogens is 4. The van der Waals surface area contributed by atoms with Crippen LogP contribution in [0.3, 0.4) is 0 Å². The van der Waals surface area contributed by atoms with Gasteiger partial charge in [-0.1, -0.05) is 0 Å². The Labute approximate surface area is 116 Å². The number of likely N-dealkylation sites (tertiary alicyclic amines) is 1. The van der Waals surface area contributed by atoms with E-state index in [9.17, 15) is 4.39 Å². The lowest BCUT2D eigenvalue weighted by atomic mass is 10.2. The lowest BCUT2D eigenvalue weighted by Crippen LogP contribution is -2.51. The van der Waals surface area contributed by atoms with Gasteiger partial charge in [-0.2, -0.15) is 14.5 Å². The molecule has 0 amide bonds. The smallest absolute Gasteiger partial charge is 0.254 e. The first-order valence-corrected chi connectivity index (χ1v) is 6.41. The molecule has 0 atom stereocenters. The quantitative estimate of drug-likeness (QED) is 0.838. The van der Waals surface area contributed by atoms with Gasteiger partial charge in [-0.25, -0.2) is 4.98 Å². The van der Waals surface area contributed by atoms with Crippen molar-refractivity contribution in [2.75, 3.05) is 20.1 Å². The molecule has 0 unspecified atom stereocenters. The molecule has 0 spiro atoms. The molecule has 2 aromatic rings. The van der Waals surface area contributed by atoms with Gasteiger partial charge in [-0.15, -0.1) is 0 Å². The van der Waals surface area contributed by atoms with Crippen LogP contribution in [0, 0.1) is 12.7 Å². The van der Waals surface area contributed by atoms with Gasteiger partial charge in [0, 0.05) is 20.1 Å². The molecule has 2 aromatic heterocycles. The van der Waals surface area contributed by atoms with Gasteiger partial charge in [0.05, 0.1) is 12.4 Å². The minimum atomic E-state index is -0.539. The predicted molar refractivity (Wildman–Crippen MR) is 70.8 cm³/mol. The molecule has 3 heterocycles. The topological polar surface area (TPSA) is 56.1 Å². The normalized spacial score (nSPS) is 16.2. The van der Waals surface area contributed by atoms with Gasteiger partial charge in [0.15, 0.2) is 5.82 Å². The molecule has 20 heavy (non-hydrogen) atoms. The third-order valence-electron chi connectivity index (χ3n) is 3.35. The summed E-state index contributed by atoms with van der Waals surface area (Å²) in [5, 5.41) is 4.14. The molecule has 1 fully saturated rings. The average molecular weight is 277 g/mol. The zero-order chi connectivity index (χ0) is 14.3. The zero-order valence-corrected chi connectivity index (χ0v) is 11.7. The van der Waals surface area contributed by atoms with Crippen LogP contribution in [0.5, 0.6) is 5.88 Å².